The van der Waals surface area contributed by atoms with Crippen molar-refractivity contribution in [1.29, 1.82) is 0 Å². The average molecular weight is 440 g/mol. The highest BCUT2D eigenvalue weighted by molar-refractivity contribution is 6.46. The molecule has 3 rings (SSSR count). The highest BCUT2D eigenvalue weighted by Gasteiger charge is 2.46. The molecular weight excluding hydrogens is 412 g/mol. The van der Waals surface area contributed by atoms with Crippen molar-refractivity contribution in [2.24, 2.45) is 0 Å². The van der Waals surface area contributed by atoms with Crippen LogP contribution in [-0.2, 0) is 14.3 Å². The summed E-state index contributed by atoms with van der Waals surface area (Å²) in [6.07, 6.45) is 0. The van der Waals surface area contributed by atoms with E-state index in [1.54, 1.807) is 18.2 Å². The third-order valence-corrected chi connectivity index (χ3v) is 5.46. The number of hydrogen-bond acceptors (Lipinski definition) is 7. The van der Waals surface area contributed by atoms with Gasteiger partial charge in [-0.3, -0.25) is 9.59 Å². The second-order valence-corrected chi connectivity index (χ2v) is 7.54. The molecule has 1 aliphatic heterocycles. The Kier molecular flexibility index (Phi) is 7.05. The van der Waals surface area contributed by atoms with Gasteiger partial charge in [-0.15, -0.1) is 0 Å². The van der Waals surface area contributed by atoms with Crippen LogP contribution < -0.4 is 14.4 Å². The summed E-state index contributed by atoms with van der Waals surface area (Å²) in [5.74, 6) is -0.932. The van der Waals surface area contributed by atoms with Gasteiger partial charge in [-0.2, -0.15) is 0 Å². The van der Waals surface area contributed by atoms with Crippen LogP contribution in [0.4, 0.5) is 5.69 Å². The number of carbonyl (C=O) groups is 2. The molecule has 0 spiro atoms. The Hall–Kier alpha value is -3.52. The van der Waals surface area contributed by atoms with Crippen molar-refractivity contribution in [2.75, 3.05) is 53.5 Å². The fourth-order valence-corrected chi connectivity index (χ4v) is 3.75. The summed E-state index contributed by atoms with van der Waals surface area (Å²) in [4.78, 5) is 29.4. The van der Waals surface area contributed by atoms with Crippen LogP contribution in [0.5, 0.6) is 11.5 Å². The molecule has 0 aromatic heterocycles. The summed E-state index contributed by atoms with van der Waals surface area (Å²) in [5, 5.41) is 11.3. The van der Waals surface area contributed by atoms with E-state index in [0.29, 0.717) is 17.1 Å². The van der Waals surface area contributed by atoms with Gasteiger partial charge in [0.15, 0.2) is 0 Å². The zero-order chi connectivity index (χ0) is 23.4. The van der Waals surface area contributed by atoms with E-state index in [9.17, 15) is 14.7 Å². The molecule has 0 aliphatic carbocycles. The first-order valence-corrected chi connectivity index (χ1v) is 10.1. The number of ether oxygens (including phenoxy) is 3. The van der Waals surface area contributed by atoms with Crippen molar-refractivity contribution in [3.63, 3.8) is 0 Å². The summed E-state index contributed by atoms with van der Waals surface area (Å²) >= 11 is 0. The molecule has 2 aromatic rings. The van der Waals surface area contributed by atoms with E-state index in [1.807, 2.05) is 43.3 Å². The topological polar surface area (TPSA) is 88.5 Å². The molecule has 0 saturated carbocycles. The number of amides is 1. The van der Waals surface area contributed by atoms with E-state index in [-0.39, 0.29) is 30.0 Å². The molecule has 1 N–H and O–H groups in total. The van der Waals surface area contributed by atoms with Crippen molar-refractivity contribution in [3.8, 4) is 11.5 Å². The van der Waals surface area contributed by atoms with Crippen molar-refractivity contribution in [3.05, 3.63) is 59.2 Å². The lowest BCUT2D eigenvalue weighted by Gasteiger charge is -2.25. The number of aliphatic hydroxyl groups is 1. The number of hydrogen-bond donors (Lipinski definition) is 1. The fourth-order valence-electron chi connectivity index (χ4n) is 3.75. The van der Waals surface area contributed by atoms with Gasteiger partial charge in [-0.25, -0.2) is 0 Å². The first kappa shape index (κ1) is 23.1. The van der Waals surface area contributed by atoms with E-state index < -0.39 is 17.7 Å². The van der Waals surface area contributed by atoms with Gasteiger partial charge in [0.05, 0.1) is 38.0 Å². The van der Waals surface area contributed by atoms with Crippen molar-refractivity contribution in [2.45, 2.75) is 6.04 Å². The number of likely N-dealkylation sites (tertiary alicyclic amines) is 1. The zero-order valence-corrected chi connectivity index (χ0v) is 18.9. The summed E-state index contributed by atoms with van der Waals surface area (Å²) in [6, 6.07) is 11.6. The van der Waals surface area contributed by atoms with Gasteiger partial charge < -0.3 is 29.1 Å². The monoisotopic (exact) mass is 440 g/mol. The molecule has 0 bridgehead atoms. The van der Waals surface area contributed by atoms with Crippen LogP contribution in [0, 0.1) is 0 Å². The standard InChI is InChI=1S/C24H28N2O6/c1-25(2)16-8-6-15(7-9-16)21-20(23(28)24(29)26(21)12-13-30-3)22(27)18-14-17(31-4)10-11-19(18)32-5/h6-11,14,21,27H,12-13H2,1-5H3/b22-20+. The maximum absolute atomic E-state index is 13.1. The second-order valence-electron chi connectivity index (χ2n) is 7.54. The molecule has 1 unspecified atom stereocenters. The molecule has 1 heterocycles. The number of nitrogens with zero attached hydrogens (tertiary/aromatic N) is 2. The molecule has 1 amide bonds. The molecule has 1 saturated heterocycles. The highest BCUT2D eigenvalue weighted by Crippen LogP contribution is 2.41. The lowest BCUT2D eigenvalue weighted by molar-refractivity contribution is -0.140. The van der Waals surface area contributed by atoms with Crippen LogP contribution in [0.3, 0.4) is 0 Å². The van der Waals surface area contributed by atoms with E-state index >= 15 is 0 Å². The normalized spacial score (nSPS) is 17.5. The first-order valence-electron chi connectivity index (χ1n) is 10.1. The second kappa shape index (κ2) is 9.74. The van der Waals surface area contributed by atoms with Crippen LogP contribution in [-0.4, -0.2) is 70.3 Å². The SMILES string of the molecule is COCCN1C(=O)C(=O)/C(=C(/O)c2cc(OC)ccc2OC)C1c1ccc(N(C)C)cc1. The Bertz CT molecular complexity index is 1030. The lowest BCUT2D eigenvalue weighted by atomic mass is 9.94. The van der Waals surface area contributed by atoms with Gasteiger partial charge in [-0.1, -0.05) is 12.1 Å². The maximum atomic E-state index is 13.1. The van der Waals surface area contributed by atoms with Crippen molar-refractivity contribution < 1.29 is 28.9 Å². The molecule has 1 aliphatic rings. The van der Waals surface area contributed by atoms with Crippen LogP contribution >= 0.6 is 0 Å². The molecule has 0 radical (unpaired) electrons. The zero-order valence-electron chi connectivity index (χ0n) is 18.9. The Morgan fingerprint density at radius 3 is 2.28 bits per heavy atom. The number of aliphatic hydroxyl groups excluding tert-OH is 1. The molecule has 1 atom stereocenters. The van der Waals surface area contributed by atoms with E-state index in [0.717, 1.165) is 5.69 Å². The molecular formula is C24H28N2O6. The van der Waals surface area contributed by atoms with Gasteiger partial charge >= 0.3 is 0 Å². The predicted octanol–water partition coefficient (Wildman–Crippen LogP) is 2.84. The lowest BCUT2D eigenvalue weighted by Crippen LogP contribution is -2.32. The smallest absolute Gasteiger partial charge is 0.295 e. The van der Waals surface area contributed by atoms with Crippen LogP contribution in [0.25, 0.3) is 5.76 Å². The molecule has 8 heteroatoms. The summed E-state index contributed by atoms with van der Waals surface area (Å²) in [7, 11) is 8.34. The van der Waals surface area contributed by atoms with Crippen LogP contribution in [0.1, 0.15) is 17.2 Å². The molecule has 32 heavy (non-hydrogen) atoms. The number of carbonyl (C=O) groups excluding carboxylic acids is 2. The number of anilines is 1. The Morgan fingerprint density at radius 1 is 1.03 bits per heavy atom. The molecule has 2 aromatic carbocycles. The fraction of sp³-hybridized carbons (Fsp3) is 0.333. The predicted molar refractivity (Wildman–Crippen MR) is 121 cm³/mol. The number of methoxy groups -OCH3 is 3. The minimum absolute atomic E-state index is 0.00439. The Balaban J connectivity index is 2.20. The van der Waals surface area contributed by atoms with Crippen molar-refractivity contribution in [1.82, 2.24) is 4.90 Å². The van der Waals surface area contributed by atoms with Gasteiger partial charge in [0.1, 0.15) is 17.3 Å². The third kappa shape index (κ3) is 4.27. The van der Waals surface area contributed by atoms with Gasteiger partial charge in [0.25, 0.3) is 11.7 Å². The minimum Gasteiger partial charge on any atom is -0.507 e. The van der Waals surface area contributed by atoms with E-state index in [1.165, 1.54) is 26.2 Å². The van der Waals surface area contributed by atoms with Crippen LogP contribution in [0.2, 0.25) is 0 Å². The summed E-state index contributed by atoms with van der Waals surface area (Å²) in [5.41, 5.74) is 1.94. The third-order valence-electron chi connectivity index (χ3n) is 5.46. The molecule has 8 nitrogen and oxygen atoms in total. The quantitative estimate of drug-likeness (QED) is 0.384. The van der Waals surface area contributed by atoms with Gasteiger partial charge in [-0.05, 0) is 35.9 Å². The van der Waals surface area contributed by atoms with Gasteiger partial charge in [0.2, 0.25) is 0 Å². The van der Waals surface area contributed by atoms with Crippen LogP contribution in [0.15, 0.2) is 48.0 Å². The Labute approximate surface area is 187 Å². The van der Waals surface area contributed by atoms with E-state index in [2.05, 4.69) is 0 Å². The average Bonchev–Trinajstić information content (AvgIpc) is 3.06. The van der Waals surface area contributed by atoms with Crippen molar-refractivity contribution >= 4 is 23.1 Å². The minimum atomic E-state index is -0.766. The number of rotatable bonds is 8. The first-order chi connectivity index (χ1) is 15.3. The maximum Gasteiger partial charge on any atom is 0.295 e. The number of benzene rings is 2. The Morgan fingerprint density at radius 2 is 1.72 bits per heavy atom. The molecule has 1 fully saturated rings. The summed E-state index contributed by atoms with van der Waals surface area (Å²) < 4.78 is 15.8. The molecule has 170 valence electrons. The largest absolute Gasteiger partial charge is 0.507 e. The number of ketones is 1. The van der Waals surface area contributed by atoms with Gasteiger partial charge in [0, 0.05) is 33.4 Å². The summed E-state index contributed by atoms with van der Waals surface area (Å²) in [6.45, 7) is 0.453. The number of Topliss-reactive ketones (excluding diaryl/α,β-unsaturated/α-hetero) is 1. The van der Waals surface area contributed by atoms with E-state index in [4.69, 9.17) is 14.2 Å². The highest BCUT2D eigenvalue weighted by atomic mass is 16.5.